The van der Waals surface area contributed by atoms with Crippen molar-refractivity contribution in [2.45, 2.75) is 32.4 Å². The number of carbonyl (C=O) groups excluding carboxylic acids is 1. The Bertz CT molecular complexity index is 1030. The van der Waals surface area contributed by atoms with Gasteiger partial charge in [-0.2, -0.15) is 0 Å². The molecular weight excluding hydrogens is 364 g/mol. The van der Waals surface area contributed by atoms with Crippen LogP contribution in [0.15, 0.2) is 42.6 Å². The Morgan fingerprint density at radius 1 is 1.14 bits per heavy atom. The van der Waals surface area contributed by atoms with Gasteiger partial charge in [0.1, 0.15) is 5.65 Å². The van der Waals surface area contributed by atoms with Crippen molar-refractivity contribution in [3.05, 3.63) is 70.7 Å². The SMILES string of the molecule is Cc1cccn2c(CNC3Cc4ccccc4C3)c(C(=O)N3CCOCC3)nc12. The summed E-state index contributed by atoms with van der Waals surface area (Å²) in [4.78, 5) is 19.9. The lowest BCUT2D eigenvalue weighted by Gasteiger charge is -2.26. The summed E-state index contributed by atoms with van der Waals surface area (Å²) in [6, 6.07) is 13.1. The average molecular weight is 390 g/mol. The Hall–Kier alpha value is -2.70. The third kappa shape index (κ3) is 3.43. The van der Waals surface area contributed by atoms with Gasteiger partial charge in [0.15, 0.2) is 5.69 Å². The minimum absolute atomic E-state index is 0.00269. The summed E-state index contributed by atoms with van der Waals surface area (Å²) < 4.78 is 7.48. The second-order valence-electron chi connectivity index (χ2n) is 7.95. The molecular formula is C23H26N4O2. The molecule has 5 rings (SSSR count). The van der Waals surface area contributed by atoms with Crippen molar-refractivity contribution in [2.75, 3.05) is 26.3 Å². The normalized spacial score (nSPS) is 17.1. The number of rotatable bonds is 4. The van der Waals surface area contributed by atoms with Crippen molar-refractivity contribution >= 4 is 11.6 Å². The Balaban J connectivity index is 1.42. The van der Waals surface area contributed by atoms with Gasteiger partial charge in [-0.15, -0.1) is 0 Å². The molecule has 0 bridgehead atoms. The number of aryl methyl sites for hydroxylation is 1. The number of nitrogens with zero attached hydrogens (tertiary/aromatic N) is 3. The van der Waals surface area contributed by atoms with Gasteiger partial charge >= 0.3 is 0 Å². The zero-order valence-corrected chi connectivity index (χ0v) is 16.7. The van der Waals surface area contributed by atoms with Gasteiger partial charge in [0, 0.05) is 31.9 Å². The minimum Gasteiger partial charge on any atom is -0.378 e. The number of benzene rings is 1. The quantitative estimate of drug-likeness (QED) is 0.743. The highest BCUT2D eigenvalue weighted by atomic mass is 16.5. The van der Waals surface area contributed by atoms with Crippen molar-refractivity contribution in [3.63, 3.8) is 0 Å². The van der Waals surface area contributed by atoms with Gasteiger partial charge in [0.2, 0.25) is 0 Å². The zero-order valence-electron chi connectivity index (χ0n) is 16.7. The lowest BCUT2D eigenvalue weighted by Crippen LogP contribution is -2.41. The maximum atomic E-state index is 13.2. The molecule has 0 radical (unpaired) electrons. The molecule has 2 aromatic heterocycles. The zero-order chi connectivity index (χ0) is 19.8. The number of fused-ring (bicyclic) bond motifs is 2. The van der Waals surface area contributed by atoms with E-state index in [1.165, 1.54) is 11.1 Å². The molecule has 29 heavy (non-hydrogen) atoms. The van der Waals surface area contributed by atoms with Gasteiger partial charge in [-0.05, 0) is 42.5 Å². The summed E-state index contributed by atoms with van der Waals surface area (Å²) in [6.07, 6.45) is 4.06. The predicted octanol–water partition coefficient (Wildman–Crippen LogP) is 2.37. The Morgan fingerprint density at radius 2 is 1.86 bits per heavy atom. The summed E-state index contributed by atoms with van der Waals surface area (Å²) in [5.74, 6) is 0.00269. The number of aromatic nitrogens is 2. The van der Waals surface area contributed by atoms with Gasteiger partial charge in [-0.25, -0.2) is 4.98 Å². The number of imidazole rings is 1. The van der Waals surface area contributed by atoms with Crippen LogP contribution in [0.2, 0.25) is 0 Å². The van der Waals surface area contributed by atoms with E-state index in [1.54, 1.807) is 0 Å². The maximum absolute atomic E-state index is 13.2. The fourth-order valence-electron chi connectivity index (χ4n) is 4.45. The van der Waals surface area contributed by atoms with Crippen LogP contribution in [0, 0.1) is 6.92 Å². The number of pyridine rings is 1. The van der Waals surface area contributed by atoms with Crippen LogP contribution in [0.1, 0.15) is 32.9 Å². The molecule has 1 fully saturated rings. The van der Waals surface area contributed by atoms with E-state index in [0.717, 1.165) is 29.7 Å². The molecule has 0 unspecified atom stereocenters. The minimum atomic E-state index is 0.00269. The summed E-state index contributed by atoms with van der Waals surface area (Å²) in [5, 5.41) is 3.68. The molecule has 3 heterocycles. The van der Waals surface area contributed by atoms with E-state index in [0.29, 0.717) is 44.6 Å². The molecule has 2 aliphatic rings. The van der Waals surface area contributed by atoms with Crippen molar-refractivity contribution in [3.8, 4) is 0 Å². The van der Waals surface area contributed by atoms with Crippen molar-refractivity contribution in [2.24, 2.45) is 0 Å². The maximum Gasteiger partial charge on any atom is 0.274 e. The molecule has 0 saturated carbocycles. The molecule has 1 aromatic carbocycles. The second kappa shape index (κ2) is 7.61. The van der Waals surface area contributed by atoms with E-state index in [1.807, 2.05) is 30.2 Å². The van der Waals surface area contributed by atoms with Crippen LogP contribution in [0.3, 0.4) is 0 Å². The predicted molar refractivity (Wildman–Crippen MR) is 111 cm³/mol. The topological polar surface area (TPSA) is 58.9 Å². The van der Waals surface area contributed by atoms with E-state index in [2.05, 4.69) is 34.0 Å². The first-order valence-corrected chi connectivity index (χ1v) is 10.3. The Morgan fingerprint density at radius 3 is 2.59 bits per heavy atom. The lowest BCUT2D eigenvalue weighted by atomic mass is 10.1. The fourth-order valence-corrected chi connectivity index (χ4v) is 4.45. The van der Waals surface area contributed by atoms with Crippen LogP contribution in [-0.2, 0) is 24.1 Å². The molecule has 6 nitrogen and oxygen atoms in total. The van der Waals surface area contributed by atoms with E-state index in [4.69, 9.17) is 9.72 Å². The molecule has 1 N–H and O–H groups in total. The monoisotopic (exact) mass is 390 g/mol. The Labute approximate surface area is 170 Å². The van der Waals surface area contributed by atoms with Crippen LogP contribution < -0.4 is 5.32 Å². The molecule has 1 aliphatic heterocycles. The lowest BCUT2D eigenvalue weighted by molar-refractivity contribution is 0.0298. The van der Waals surface area contributed by atoms with Gasteiger partial charge in [0.25, 0.3) is 5.91 Å². The number of carbonyl (C=O) groups is 1. The second-order valence-corrected chi connectivity index (χ2v) is 7.95. The molecule has 0 atom stereocenters. The summed E-state index contributed by atoms with van der Waals surface area (Å²) >= 11 is 0. The van der Waals surface area contributed by atoms with Crippen LogP contribution in [0.25, 0.3) is 5.65 Å². The molecule has 150 valence electrons. The third-order valence-electron chi connectivity index (χ3n) is 6.05. The van der Waals surface area contributed by atoms with Crippen LogP contribution >= 0.6 is 0 Å². The average Bonchev–Trinajstić information content (AvgIpc) is 3.34. The standard InChI is InChI=1S/C23H26N4O2/c1-16-5-4-8-27-20(15-24-19-13-17-6-2-3-7-18(17)14-19)21(25-22(16)27)23(28)26-9-11-29-12-10-26/h2-8,19,24H,9-15H2,1H3. The van der Waals surface area contributed by atoms with Crippen molar-refractivity contribution in [1.29, 1.82) is 0 Å². The number of ether oxygens (including phenoxy) is 1. The van der Waals surface area contributed by atoms with Gasteiger partial charge in [-0.1, -0.05) is 30.3 Å². The third-order valence-corrected chi connectivity index (χ3v) is 6.05. The van der Waals surface area contributed by atoms with E-state index >= 15 is 0 Å². The van der Waals surface area contributed by atoms with E-state index in [-0.39, 0.29) is 5.91 Å². The molecule has 6 heteroatoms. The summed E-state index contributed by atoms with van der Waals surface area (Å²) in [6.45, 7) is 5.08. The van der Waals surface area contributed by atoms with Gasteiger partial charge in [-0.3, -0.25) is 4.79 Å². The smallest absolute Gasteiger partial charge is 0.274 e. The highest BCUT2D eigenvalue weighted by Crippen LogP contribution is 2.23. The number of hydrogen-bond donors (Lipinski definition) is 1. The van der Waals surface area contributed by atoms with Crippen LogP contribution in [0.5, 0.6) is 0 Å². The van der Waals surface area contributed by atoms with Gasteiger partial charge in [0.05, 0.1) is 18.9 Å². The molecule has 1 aliphatic carbocycles. The highest BCUT2D eigenvalue weighted by molar-refractivity contribution is 5.94. The van der Waals surface area contributed by atoms with Crippen LogP contribution in [-0.4, -0.2) is 52.5 Å². The Kier molecular flexibility index (Phi) is 4.81. The number of amides is 1. The largest absolute Gasteiger partial charge is 0.378 e. The van der Waals surface area contributed by atoms with Crippen LogP contribution in [0.4, 0.5) is 0 Å². The number of hydrogen-bond acceptors (Lipinski definition) is 4. The fraction of sp³-hybridized carbons (Fsp3) is 0.391. The number of morpholine rings is 1. The van der Waals surface area contributed by atoms with E-state index < -0.39 is 0 Å². The molecule has 1 amide bonds. The summed E-state index contributed by atoms with van der Waals surface area (Å²) in [5.41, 5.74) is 6.27. The first-order valence-electron chi connectivity index (χ1n) is 10.3. The first kappa shape index (κ1) is 18.3. The number of nitrogens with one attached hydrogen (secondary N) is 1. The van der Waals surface area contributed by atoms with Crippen molar-refractivity contribution in [1.82, 2.24) is 19.6 Å². The molecule has 1 saturated heterocycles. The van der Waals surface area contributed by atoms with E-state index in [9.17, 15) is 4.79 Å². The summed E-state index contributed by atoms with van der Waals surface area (Å²) in [7, 11) is 0. The first-order chi connectivity index (χ1) is 14.2. The van der Waals surface area contributed by atoms with Crippen molar-refractivity contribution < 1.29 is 9.53 Å². The molecule has 3 aromatic rings. The molecule has 0 spiro atoms. The highest BCUT2D eigenvalue weighted by Gasteiger charge is 2.27. The van der Waals surface area contributed by atoms with Gasteiger partial charge < -0.3 is 19.4 Å².